The molecule has 4 rings (SSSR count). The average molecular weight is 276 g/mol. The van der Waals surface area contributed by atoms with Crippen molar-refractivity contribution >= 4 is 27.5 Å². The van der Waals surface area contributed by atoms with Crippen LogP contribution in [0.3, 0.4) is 0 Å². The van der Waals surface area contributed by atoms with Crippen LogP contribution in [-0.2, 0) is 4.74 Å². The molecule has 2 fully saturated rings. The molecule has 100 valence electrons. The van der Waals surface area contributed by atoms with Crippen LogP contribution >= 0.6 is 11.3 Å². The van der Waals surface area contributed by atoms with E-state index in [0.717, 1.165) is 35.2 Å². The molecule has 3 heterocycles. The van der Waals surface area contributed by atoms with Crippen LogP contribution in [0, 0.1) is 5.92 Å². The van der Waals surface area contributed by atoms with Gasteiger partial charge < -0.3 is 9.64 Å². The number of aromatic nitrogens is 3. The predicted octanol–water partition coefficient (Wildman–Crippen LogP) is 2.09. The van der Waals surface area contributed by atoms with Crippen LogP contribution < -0.4 is 4.90 Å². The molecule has 0 N–H and O–H groups in total. The number of thiazole rings is 1. The monoisotopic (exact) mass is 276 g/mol. The Morgan fingerprint density at radius 3 is 3.00 bits per heavy atom. The molecule has 0 bridgehead atoms. The Balaban J connectivity index is 1.68. The topological polar surface area (TPSA) is 51.1 Å². The van der Waals surface area contributed by atoms with Crippen molar-refractivity contribution in [2.75, 3.05) is 18.0 Å². The quantitative estimate of drug-likeness (QED) is 0.840. The summed E-state index contributed by atoms with van der Waals surface area (Å²) in [5.74, 6) is 1.71. The van der Waals surface area contributed by atoms with E-state index in [0.29, 0.717) is 6.10 Å². The van der Waals surface area contributed by atoms with Gasteiger partial charge in [0.2, 0.25) is 0 Å². The number of morpholine rings is 1. The molecular formula is C13H16N4OS. The molecular weight excluding hydrogens is 260 g/mol. The van der Waals surface area contributed by atoms with Crippen LogP contribution in [0.25, 0.3) is 10.3 Å². The highest BCUT2D eigenvalue weighted by Gasteiger charge is 2.38. The smallest absolute Gasteiger partial charge is 0.159 e. The molecule has 0 amide bonds. The van der Waals surface area contributed by atoms with Crippen molar-refractivity contribution in [2.24, 2.45) is 5.92 Å². The molecule has 0 aromatic carbocycles. The van der Waals surface area contributed by atoms with Gasteiger partial charge in [-0.15, -0.1) is 11.3 Å². The molecule has 2 atom stereocenters. The van der Waals surface area contributed by atoms with Gasteiger partial charge in [0.1, 0.15) is 16.7 Å². The van der Waals surface area contributed by atoms with Crippen LogP contribution in [-0.4, -0.2) is 40.2 Å². The molecule has 1 aliphatic heterocycles. The number of hydrogen-bond acceptors (Lipinski definition) is 6. The zero-order valence-electron chi connectivity index (χ0n) is 10.8. The van der Waals surface area contributed by atoms with Crippen LogP contribution in [0.2, 0.25) is 0 Å². The Labute approximate surface area is 115 Å². The molecule has 2 aromatic rings. The fraction of sp³-hybridized carbons (Fsp3) is 0.615. The van der Waals surface area contributed by atoms with Crippen LogP contribution in [0.4, 0.5) is 5.82 Å². The number of ether oxygens (including phenoxy) is 1. The number of anilines is 1. The van der Waals surface area contributed by atoms with E-state index in [4.69, 9.17) is 4.74 Å². The van der Waals surface area contributed by atoms with Crippen LogP contribution in [0.15, 0.2) is 11.8 Å². The van der Waals surface area contributed by atoms with E-state index in [9.17, 15) is 0 Å². The van der Waals surface area contributed by atoms with E-state index in [2.05, 4.69) is 26.8 Å². The second-order valence-corrected chi connectivity index (χ2v) is 6.26. The predicted molar refractivity (Wildman–Crippen MR) is 74.5 cm³/mol. The summed E-state index contributed by atoms with van der Waals surface area (Å²) in [6.07, 6.45) is 4.86. The summed E-state index contributed by atoms with van der Waals surface area (Å²) in [5, 5.41) is 0. The van der Waals surface area contributed by atoms with Crippen LogP contribution in [0.1, 0.15) is 19.8 Å². The first-order valence-corrected chi connectivity index (χ1v) is 7.64. The minimum absolute atomic E-state index is 0.253. The van der Waals surface area contributed by atoms with Crippen molar-refractivity contribution in [3.8, 4) is 0 Å². The van der Waals surface area contributed by atoms with Gasteiger partial charge in [0.25, 0.3) is 0 Å². The standard InChI is InChI=1S/C13H16N4OS/c1-8-4-17(5-10(18-8)9-2-3-9)12-11-13(15-6-14-12)19-7-16-11/h6-10H,2-5H2,1H3/t8-,10-/m1/s1. The van der Waals surface area contributed by atoms with Crippen molar-refractivity contribution in [3.63, 3.8) is 0 Å². The molecule has 2 aromatic heterocycles. The number of hydrogen-bond donors (Lipinski definition) is 0. The molecule has 0 spiro atoms. The highest BCUT2D eigenvalue weighted by Crippen LogP contribution is 2.38. The molecule has 1 saturated carbocycles. The SMILES string of the molecule is C[C@@H]1CN(c2ncnc3scnc23)C[C@H](C2CC2)O1. The second kappa shape index (κ2) is 4.38. The Bertz CT molecular complexity index is 597. The lowest BCUT2D eigenvalue weighted by atomic mass is 10.1. The summed E-state index contributed by atoms with van der Waals surface area (Å²) in [7, 11) is 0. The third-order valence-corrected chi connectivity index (χ3v) is 4.58. The second-order valence-electron chi connectivity index (χ2n) is 5.43. The summed E-state index contributed by atoms with van der Waals surface area (Å²) < 4.78 is 6.05. The minimum Gasteiger partial charge on any atom is -0.371 e. The Morgan fingerprint density at radius 2 is 2.16 bits per heavy atom. The van der Waals surface area contributed by atoms with Gasteiger partial charge in [0.05, 0.1) is 17.7 Å². The molecule has 5 nitrogen and oxygen atoms in total. The van der Waals surface area contributed by atoms with E-state index in [1.54, 1.807) is 17.7 Å². The zero-order chi connectivity index (χ0) is 12.8. The molecule has 1 saturated heterocycles. The zero-order valence-corrected chi connectivity index (χ0v) is 11.6. The Hall–Kier alpha value is -1.27. The van der Waals surface area contributed by atoms with Crippen LogP contribution in [0.5, 0.6) is 0 Å². The molecule has 0 radical (unpaired) electrons. The number of nitrogens with zero attached hydrogens (tertiary/aromatic N) is 4. The van der Waals surface area contributed by atoms with E-state index >= 15 is 0 Å². The van der Waals surface area contributed by atoms with Gasteiger partial charge in [-0.3, -0.25) is 0 Å². The molecule has 0 unspecified atom stereocenters. The molecule has 2 aliphatic rings. The largest absolute Gasteiger partial charge is 0.371 e. The lowest BCUT2D eigenvalue weighted by Crippen LogP contribution is -2.48. The Morgan fingerprint density at radius 1 is 1.26 bits per heavy atom. The fourth-order valence-electron chi connectivity index (χ4n) is 2.80. The fourth-order valence-corrected chi connectivity index (χ4v) is 3.42. The van der Waals surface area contributed by atoms with Gasteiger partial charge in [-0.05, 0) is 25.7 Å². The van der Waals surface area contributed by atoms with Gasteiger partial charge in [-0.1, -0.05) is 0 Å². The lowest BCUT2D eigenvalue weighted by molar-refractivity contribution is -0.0272. The maximum absolute atomic E-state index is 6.05. The third kappa shape index (κ3) is 2.08. The maximum atomic E-state index is 6.05. The molecule has 1 aliphatic carbocycles. The van der Waals surface area contributed by atoms with Crippen molar-refractivity contribution in [3.05, 3.63) is 11.8 Å². The summed E-state index contributed by atoms with van der Waals surface area (Å²) in [6.45, 7) is 3.95. The van der Waals surface area contributed by atoms with Gasteiger partial charge in [0, 0.05) is 13.1 Å². The van der Waals surface area contributed by atoms with E-state index in [1.165, 1.54) is 12.8 Å². The normalized spacial score (nSPS) is 27.9. The van der Waals surface area contributed by atoms with Gasteiger partial charge >= 0.3 is 0 Å². The summed E-state index contributed by atoms with van der Waals surface area (Å²) in [5.41, 5.74) is 2.77. The van der Waals surface area contributed by atoms with Crippen molar-refractivity contribution < 1.29 is 4.74 Å². The van der Waals surface area contributed by atoms with Gasteiger partial charge in [-0.2, -0.15) is 0 Å². The maximum Gasteiger partial charge on any atom is 0.159 e. The third-order valence-electron chi connectivity index (χ3n) is 3.85. The first kappa shape index (κ1) is 11.5. The highest BCUT2D eigenvalue weighted by atomic mass is 32.1. The Kier molecular flexibility index (Phi) is 2.66. The van der Waals surface area contributed by atoms with E-state index in [1.807, 2.05) is 5.51 Å². The van der Waals surface area contributed by atoms with Gasteiger partial charge in [-0.25, -0.2) is 15.0 Å². The van der Waals surface area contributed by atoms with Crippen molar-refractivity contribution in [2.45, 2.75) is 32.0 Å². The first-order chi connectivity index (χ1) is 9.31. The summed E-state index contributed by atoms with van der Waals surface area (Å²) >= 11 is 1.57. The van der Waals surface area contributed by atoms with Crippen molar-refractivity contribution in [1.82, 2.24) is 15.0 Å². The minimum atomic E-state index is 0.253. The molecule has 6 heteroatoms. The number of rotatable bonds is 2. The van der Waals surface area contributed by atoms with Crippen molar-refractivity contribution in [1.29, 1.82) is 0 Å². The average Bonchev–Trinajstić information content (AvgIpc) is 3.15. The lowest BCUT2D eigenvalue weighted by Gasteiger charge is -2.37. The summed E-state index contributed by atoms with van der Waals surface area (Å²) in [6, 6.07) is 0. The summed E-state index contributed by atoms with van der Waals surface area (Å²) in [4.78, 5) is 16.4. The van der Waals surface area contributed by atoms with E-state index in [-0.39, 0.29) is 6.10 Å². The van der Waals surface area contributed by atoms with Gasteiger partial charge in [0.15, 0.2) is 5.82 Å². The molecule has 19 heavy (non-hydrogen) atoms. The highest BCUT2D eigenvalue weighted by molar-refractivity contribution is 7.16. The number of fused-ring (bicyclic) bond motifs is 1. The van der Waals surface area contributed by atoms with E-state index < -0.39 is 0 Å². The first-order valence-electron chi connectivity index (χ1n) is 6.76.